The normalized spacial score (nSPS) is 12.0. The summed E-state index contributed by atoms with van der Waals surface area (Å²) in [5, 5.41) is 3.11. The lowest BCUT2D eigenvalue weighted by atomic mass is 10.0. The number of aromatic amines is 1. The number of amides is 1. The van der Waals surface area contributed by atoms with Gasteiger partial charge in [-0.15, -0.1) is 0 Å². The number of nitrogens with zero attached hydrogens (tertiary/aromatic N) is 2. The van der Waals surface area contributed by atoms with Crippen LogP contribution in [0.4, 0.5) is 0 Å². The lowest BCUT2D eigenvalue weighted by molar-refractivity contribution is -0.121. The molecule has 0 saturated carbocycles. The molecular weight excluding hydrogens is 336 g/mol. The number of fused-ring (bicyclic) bond motifs is 1. The molecule has 2 aromatic heterocycles. The minimum absolute atomic E-state index is 0.0324. The molecule has 0 saturated heterocycles. The van der Waals surface area contributed by atoms with E-state index >= 15 is 0 Å². The molecular formula is C22H20N4O. The molecule has 0 spiro atoms. The predicted molar refractivity (Wildman–Crippen MR) is 105 cm³/mol. The molecule has 2 heterocycles. The van der Waals surface area contributed by atoms with E-state index in [4.69, 9.17) is 0 Å². The molecule has 1 amide bonds. The van der Waals surface area contributed by atoms with Gasteiger partial charge in [-0.25, -0.2) is 4.98 Å². The first-order chi connectivity index (χ1) is 13.3. The van der Waals surface area contributed by atoms with Gasteiger partial charge in [0, 0.05) is 19.0 Å². The van der Waals surface area contributed by atoms with Gasteiger partial charge in [-0.1, -0.05) is 48.5 Å². The van der Waals surface area contributed by atoms with Crippen molar-refractivity contribution in [3.8, 4) is 0 Å². The number of benzene rings is 2. The molecule has 5 nitrogen and oxygen atoms in total. The Labute approximate surface area is 157 Å². The topological polar surface area (TPSA) is 70.7 Å². The maximum Gasteiger partial charge on any atom is 0.221 e. The lowest BCUT2D eigenvalue weighted by Gasteiger charge is -2.18. The highest BCUT2D eigenvalue weighted by molar-refractivity contribution is 5.78. The fourth-order valence-corrected chi connectivity index (χ4v) is 3.11. The number of para-hydroxylation sites is 2. The van der Waals surface area contributed by atoms with E-state index in [1.54, 1.807) is 6.20 Å². The van der Waals surface area contributed by atoms with E-state index in [1.807, 2.05) is 72.8 Å². The highest BCUT2D eigenvalue weighted by Gasteiger charge is 2.18. The monoisotopic (exact) mass is 356 g/mol. The van der Waals surface area contributed by atoms with Crippen LogP contribution in [0.15, 0.2) is 79.0 Å². The van der Waals surface area contributed by atoms with Crippen molar-refractivity contribution in [3.63, 3.8) is 0 Å². The summed E-state index contributed by atoms with van der Waals surface area (Å²) in [6, 6.07) is 23.2. The Hall–Kier alpha value is -3.47. The van der Waals surface area contributed by atoms with E-state index in [1.165, 1.54) is 0 Å². The first-order valence-electron chi connectivity index (χ1n) is 8.98. The smallest absolute Gasteiger partial charge is 0.221 e. The van der Waals surface area contributed by atoms with E-state index < -0.39 is 0 Å². The number of aromatic nitrogens is 3. The van der Waals surface area contributed by atoms with Crippen LogP contribution in [0.5, 0.6) is 0 Å². The molecule has 134 valence electrons. The zero-order chi connectivity index (χ0) is 18.5. The summed E-state index contributed by atoms with van der Waals surface area (Å²) in [5.74, 6) is 0.787. The van der Waals surface area contributed by atoms with Crippen LogP contribution in [0.3, 0.4) is 0 Å². The number of hydrogen-bond donors (Lipinski definition) is 2. The second-order valence-electron chi connectivity index (χ2n) is 6.37. The van der Waals surface area contributed by atoms with Crippen molar-refractivity contribution in [2.24, 2.45) is 0 Å². The number of carbonyl (C=O) groups excluding carboxylic acids is 1. The Morgan fingerprint density at radius 2 is 1.74 bits per heavy atom. The van der Waals surface area contributed by atoms with Crippen molar-refractivity contribution < 1.29 is 4.79 Å². The number of H-pyrrole nitrogens is 1. The maximum absolute atomic E-state index is 12.6. The van der Waals surface area contributed by atoms with Gasteiger partial charge < -0.3 is 10.3 Å². The Morgan fingerprint density at radius 3 is 2.52 bits per heavy atom. The summed E-state index contributed by atoms with van der Waals surface area (Å²) >= 11 is 0. The molecule has 0 fully saturated rings. The highest BCUT2D eigenvalue weighted by Crippen LogP contribution is 2.20. The van der Waals surface area contributed by atoms with E-state index in [9.17, 15) is 4.79 Å². The first kappa shape index (κ1) is 17.0. The summed E-state index contributed by atoms with van der Waals surface area (Å²) < 4.78 is 0. The Bertz CT molecular complexity index is 955. The fourth-order valence-electron chi connectivity index (χ4n) is 3.11. The standard InChI is InChI=1S/C22H20N4O/c27-21(14-13-20-24-17-10-4-5-11-18(17)25-20)26-22(16-8-2-1-3-9-16)19-12-6-7-15-23-19/h1-12,15,22H,13-14H2,(H,24,25)(H,26,27). The number of aryl methyl sites for hydroxylation is 1. The van der Waals surface area contributed by atoms with Gasteiger partial charge in [-0.2, -0.15) is 0 Å². The van der Waals surface area contributed by atoms with Gasteiger partial charge in [0.25, 0.3) is 0 Å². The Morgan fingerprint density at radius 1 is 0.963 bits per heavy atom. The number of pyridine rings is 1. The van der Waals surface area contributed by atoms with Crippen molar-refractivity contribution in [2.45, 2.75) is 18.9 Å². The van der Waals surface area contributed by atoms with E-state index in [0.29, 0.717) is 12.8 Å². The summed E-state index contributed by atoms with van der Waals surface area (Å²) in [6.45, 7) is 0. The molecule has 0 radical (unpaired) electrons. The molecule has 2 N–H and O–H groups in total. The Kier molecular flexibility index (Phi) is 4.92. The second kappa shape index (κ2) is 7.83. The molecule has 0 aliphatic carbocycles. The molecule has 1 unspecified atom stereocenters. The van der Waals surface area contributed by atoms with Crippen LogP contribution in [0.1, 0.15) is 29.5 Å². The summed E-state index contributed by atoms with van der Waals surface area (Å²) in [7, 11) is 0. The summed E-state index contributed by atoms with van der Waals surface area (Å²) in [5.41, 5.74) is 3.74. The first-order valence-corrected chi connectivity index (χ1v) is 8.98. The fraction of sp³-hybridized carbons (Fsp3) is 0.136. The van der Waals surface area contributed by atoms with Gasteiger partial charge in [-0.05, 0) is 29.8 Å². The summed E-state index contributed by atoms with van der Waals surface area (Å²) in [6.07, 6.45) is 2.66. The molecule has 2 aromatic carbocycles. The van der Waals surface area contributed by atoms with Crippen molar-refractivity contribution in [2.75, 3.05) is 0 Å². The highest BCUT2D eigenvalue weighted by atomic mass is 16.1. The zero-order valence-corrected chi connectivity index (χ0v) is 14.8. The number of carbonyl (C=O) groups is 1. The van der Waals surface area contributed by atoms with Crippen LogP contribution < -0.4 is 5.32 Å². The van der Waals surface area contributed by atoms with Crippen LogP contribution in [0.25, 0.3) is 11.0 Å². The third-order valence-electron chi connectivity index (χ3n) is 4.45. The number of rotatable bonds is 6. The van der Waals surface area contributed by atoms with Gasteiger partial charge in [0.1, 0.15) is 5.82 Å². The van der Waals surface area contributed by atoms with E-state index in [0.717, 1.165) is 28.1 Å². The van der Waals surface area contributed by atoms with Crippen molar-refractivity contribution >= 4 is 16.9 Å². The van der Waals surface area contributed by atoms with E-state index in [-0.39, 0.29) is 11.9 Å². The third-order valence-corrected chi connectivity index (χ3v) is 4.45. The van der Waals surface area contributed by atoms with Gasteiger partial charge in [-0.3, -0.25) is 9.78 Å². The molecule has 0 bridgehead atoms. The minimum atomic E-state index is -0.268. The summed E-state index contributed by atoms with van der Waals surface area (Å²) in [4.78, 5) is 24.8. The molecule has 0 aliphatic rings. The largest absolute Gasteiger partial charge is 0.344 e. The van der Waals surface area contributed by atoms with Gasteiger partial charge in [0.05, 0.1) is 22.8 Å². The van der Waals surface area contributed by atoms with Crippen LogP contribution >= 0.6 is 0 Å². The average molecular weight is 356 g/mol. The van der Waals surface area contributed by atoms with Crippen molar-refractivity contribution in [3.05, 3.63) is 96.1 Å². The SMILES string of the molecule is O=C(CCc1nc2ccccc2[nH]1)NC(c1ccccc1)c1ccccn1. The molecule has 4 rings (SSSR count). The number of nitrogens with one attached hydrogen (secondary N) is 2. The predicted octanol–water partition coefficient (Wildman–Crippen LogP) is 3.80. The number of hydrogen-bond acceptors (Lipinski definition) is 3. The van der Waals surface area contributed by atoms with Crippen LogP contribution in [-0.2, 0) is 11.2 Å². The quantitative estimate of drug-likeness (QED) is 0.552. The molecule has 4 aromatic rings. The van der Waals surface area contributed by atoms with Crippen molar-refractivity contribution in [1.82, 2.24) is 20.3 Å². The van der Waals surface area contributed by atoms with Crippen LogP contribution in [-0.4, -0.2) is 20.9 Å². The molecule has 5 heteroatoms. The average Bonchev–Trinajstić information content (AvgIpc) is 3.15. The third kappa shape index (κ3) is 4.03. The molecule has 0 aliphatic heterocycles. The maximum atomic E-state index is 12.6. The van der Waals surface area contributed by atoms with E-state index in [2.05, 4.69) is 20.3 Å². The van der Waals surface area contributed by atoms with Gasteiger partial charge in [0.2, 0.25) is 5.91 Å². The minimum Gasteiger partial charge on any atom is -0.344 e. The second-order valence-corrected chi connectivity index (χ2v) is 6.37. The molecule has 27 heavy (non-hydrogen) atoms. The lowest BCUT2D eigenvalue weighted by Crippen LogP contribution is -2.30. The zero-order valence-electron chi connectivity index (χ0n) is 14.8. The van der Waals surface area contributed by atoms with Gasteiger partial charge in [0.15, 0.2) is 0 Å². The van der Waals surface area contributed by atoms with Crippen LogP contribution in [0.2, 0.25) is 0 Å². The van der Waals surface area contributed by atoms with Crippen LogP contribution in [0, 0.1) is 0 Å². The number of imidazole rings is 1. The van der Waals surface area contributed by atoms with Crippen molar-refractivity contribution in [1.29, 1.82) is 0 Å². The Balaban J connectivity index is 1.47. The van der Waals surface area contributed by atoms with Gasteiger partial charge >= 0.3 is 0 Å². The molecule has 1 atom stereocenters.